The van der Waals surface area contributed by atoms with E-state index in [9.17, 15) is 4.79 Å². The molecule has 1 aromatic heterocycles. The fourth-order valence-electron chi connectivity index (χ4n) is 3.35. The van der Waals surface area contributed by atoms with Crippen LogP contribution < -0.4 is 4.90 Å². The van der Waals surface area contributed by atoms with Gasteiger partial charge >= 0.3 is 0 Å². The van der Waals surface area contributed by atoms with E-state index >= 15 is 0 Å². The molecule has 128 valence electrons. The summed E-state index contributed by atoms with van der Waals surface area (Å²) in [7, 11) is 0. The molecule has 0 bridgehead atoms. The molecule has 0 radical (unpaired) electrons. The first-order valence-electron chi connectivity index (χ1n) is 8.85. The number of thiophene rings is 1. The van der Waals surface area contributed by atoms with Crippen molar-refractivity contribution in [2.24, 2.45) is 0 Å². The normalized spacial score (nSPS) is 15.4. The highest BCUT2D eigenvalue weighted by atomic mass is 32.1. The zero-order valence-corrected chi connectivity index (χ0v) is 15.2. The summed E-state index contributed by atoms with van der Waals surface area (Å²) in [6.45, 7) is 5.85. The van der Waals surface area contributed by atoms with Crippen LogP contribution in [-0.4, -0.2) is 37.0 Å². The molecule has 1 aromatic carbocycles. The molecule has 0 aliphatic carbocycles. The first-order valence-corrected chi connectivity index (χ1v) is 9.73. The van der Waals surface area contributed by atoms with Gasteiger partial charge in [-0.1, -0.05) is 24.3 Å². The van der Waals surface area contributed by atoms with Crippen LogP contribution in [0.3, 0.4) is 0 Å². The molecule has 0 unspecified atom stereocenters. The van der Waals surface area contributed by atoms with Gasteiger partial charge in [0.25, 0.3) is 0 Å². The molecule has 4 heteroatoms. The summed E-state index contributed by atoms with van der Waals surface area (Å²) in [6, 6.07) is 12.8. The van der Waals surface area contributed by atoms with E-state index in [0.29, 0.717) is 12.3 Å². The van der Waals surface area contributed by atoms with Gasteiger partial charge in [0.2, 0.25) is 5.91 Å². The molecule has 3 rings (SSSR count). The minimum atomic E-state index is 0.318. The largest absolute Gasteiger partial charge is 0.369 e. The number of carbonyl (C=O) groups excluding carboxylic acids is 1. The minimum Gasteiger partial charge on any atom is -0.369 e. The average Bonchev–Trinajstić information content (AvgIpc) is 2.98. The Labute approximate surface area is 148 Å². The lowest BCUT2D eigenvalue weighted by molar-refractivity contribution is -0.131. The van der Waals surface area contributed by atoms with Crippen LogP contribution in [0.2, 0.25) is 0 Å². The highest BCUT2D eigenvalue weighted by Gasteiger charge is 2.19. The third-order valence-electron chi connectivity index (χ3n) is 4.70. The highest BCUT2D eigenvalue weighted by molar-refractivity contribution is 7.09. The monoisotopic (exact) mass is 342 g/mol. The summed E-state index contributed by atoms with van der Waals surface area (Å²) in [4.78, 5) is 18.4. The third kappa shape index (κ3) is 4.38. The van der Waals surface area contributed by atoms with Gasteiger partial charge in [0.05, 0.1) is 0 Å². The van der Waals surface area contributed by atoms with Gasteiger partial charge in [-0.15, -0.1) is 11.3 Å². The number of para-hydroxylation sites is 1. The molecule has 1 aliphatic heterocycles. The zero-order valence-electron chi connectivity index (χ0n) is 14.4. The van der Waals surface area contributed by atoms with Gasteiger partial charge in [0, 0.05) is 43.2 Å². The van der Waals surface area contributed by atoms with Gasteiger partial charge in [-0.2, -0.15) is 0 Å². The third-order valence-corrected chi connectivity index (χ3v) is 5.63. The molecule has 0 saturated carbocycles. The number of rotatable bonds is 5. The van der Waals surface area contributed by atoms with E-state index in [2.05, 4.69) is 58.5 Å². The first-order chi connectivity index (χ1) is 11.7. The Morgan fingerprint density at radius 2 is 1.96 bits per heavy atom. The molecule has 0 atom stereocenters. The Balaban J connectivity index is 1.49. The summed E-state index contributed by atoms with van der Waals surface area (Å²) in [5.74, 6) is 0.318. The van der Waals surface area contributed by atoms with Crippen LogP contribution in [0.25, 0.3) is 0 Å². The van der Waals surface area contributed by atoms with E-state index in [-0.39, 0.29) is 0 Å². The molecule has 2 aromatic rings. The Morgan fingerprint density at radius 1 is 1.08 bits per heavy atom. The van der Waals surface area contributed by atoms with Crippen LogP contribution in [-0.2, 0) is 11.2 Å². The van der Waals surface area contributed by atoms with Crippen molar-refractivity contribution in [2.75, 3.05) is 31.1 Å². The van der Waals surface area contributed by atoms with E-state index in [4.69, 9.17) is 0 Å². The van der Waals surface area contributed by atoms with Crippen molar-refractivity contribution < 1.29 is 4.79 Å². The molecular weight excluding hydrogens is 316 g/mol. The summed E-state index contributed by atoms with van der Waals surface area (Å²) in [5.41, 5.74) is 2.62. The topological polar surface area (TPSA) is 23.6 Å². The molecule has 1 aliphatic rings. The predicted octanol–water partition coefficient (Wildman–Crippen LogP) is 4.12. The second-order valence-electron chi connectivity index (χ2n) is 6.44. The second-order valence-corrected chi connectivity index (χ2v) is 7.47. The van der Waals surface area contributed by atoms with E-state index in [0.717, 1.165) is 45.4 Å². The molecule has 0 spiro atoms. The lowest BCUT2D eigenvalue weighted by atomic mass is 10.2. The molecule has 1 saturated heterocycles. The first kappa shape index (κ1) is 17.0. The molecule has 1 fully saturated rings. The van der Waals surface area contributed by atoms with Crippen LogP contribution in [0.4, 0.5) is 5.69 Å². The van der Waals surface area contributed by atoms with Crippen LogP contribution in [0, 0.1) is 6.92 Å². The lowest BCUT2D eigenvalue weighted by Gasteiger charge is -2.25. The SMILES string of the molecule is Cc1ccccc1N1CCCN(C(=O)CCCc2cccs2)CC1. The number of amides is 1. The van der Waals surface area contributed by atoms with E-state index in [1.165, 1.54) is 16.1 Å². The maximum absolute atomic E-state index is 12.5. The standard InChI is InChI=1S/C20H26N2OS/c1-17-7-2-3-10-19(17)21-12-6-13-22(15-14-21)20(23)11-4-8-18-9-5-16-24-18/h2-3,5,7,9-10,16H,4,6,8,11-15H2,1H3. The number of nitrogens with zero attached hydrogens (tertiary/aromatic N) is 2. The van der Waals surface area contributed by atoms with Gasteiger partial charge in [0.1, 0.15) is 0 Å². The highest BCUT2D eigenvalue weighted by Crippen LogP contribution is 2.21. The van der Waals surface area contributed by atoms with E-state index < -0.39 is 0 Å². The summed E-state index contributed by atoms with van der Waals surface area (Å²) in [6.07, 6.45) is 3.69. The Morgan fingerprint density at radius 3 is 2.75 bits per heavy atom. The van der Waals surface area contributed by atoms with Crippen molar-refractivity contribution in [1.29, 1.82) is 0 Å². The minimum absolute atomic E-state index is 0.318. The molecule has 0 N–H and O–H groups in total. The quantitative estimate of drug-likeness (QED) is 0.816. The van der Waals surface area contributed by atoms with Gasteiger partial charge < -0.3 is 9.80 Å². The number of aryl methyl sites for hydroxylation is 2. The number of anilines is 1. The lowest BCUT2D eigenvalue weighted by Crippen LogP contribution is -2.35. The second kappa shape index (κ2) is 8.34. The molecular formula is C20H26N2OS. The fraction of sp³-hybridized carbons (Fsp3) is 0.450. The van der Waals surface area contributed by atoms with Crippen molar-refractivity contribution in [2.45, 2.75) is 32.6 Å². The van der Waals surface area contributed by atoms with Gasteiger partial charge in [-0.05, 0) is 49.3 Å². The number of hydrogen-bond donors (Lipinski definition) is 0. The van der Waals surface area contributed by atoms with Crippen molar-refractivity contribution in [3.8, 4) is 0 Å². The molecule has 2 heterocycles. The summed E-state index contributed by atoms with van der Waals surface area (Å²) >= 11 is 1.78. The van der Waals surface area contributed by atoms with E-state index in [1.807, 2.05) is 0 Å². The molecule has 24 heavy (non-hydrogen) atoms. The zero-order chi connectivity index (χ0) is 16.8. The van der Waals surface area contributed by atoms with Gasteiger partial charge in [0.15, 0.2) is 0 Å². The van der Waals surface area contributed by atoms with E-state index in [1.54, 1.807) is 11.3 Å². The number of hydrogen-bond acceptors (Lipinski definition) is 3. The summed E-state index contributed by atoms with van der Waals surface area (Å²) < 4.78 is 0. The Bertz CT molecular complexity index is 653. The molecule has 1 amide bonds. The number of carbonyl (C=O) groups is 1. The Hall–Kier alpha value is -1.81. The van der Waals surface area contributed by atoms with Gasteiger partial charge in [-0.3, -0.25) is 4.79 Å². The number of benzene rings is 1. The van der Waals surface area contributed by atoms with Crippen LogP contribution >= 0.6 is 11.3 Å². The maximum atomic E-state index is 12.5. The smallest absolute Gasteiger partial charge is 0.222 e. The summed E-state index contributed by atoms with van der Waals surface area (Å²) in [5, 5.41) is 2.10. The average molecular weight is 343 g/mol. The predicted molar refractivity (Wildman–Crippen MR) is 102 cm³/mol. The fourth-order valence-corrected chi connectivity index (χ4v) is 4.10. The maximum Gasteiger partial charge on any atom is 0.222 e. The van der Waals surface area contributed by atoms with Crippen molar-refractivity contribution in [3.05, 3.63) is 52.2 Å². The van der Waals surface area contributed by atoms with Crippen LogP contribution in [0.15, 0.2) is 41.8 Å². The van der Waals surface area contributed by atoms with Crippen molar-refractivity contribution >= 4 is 22.9 Å². The van der Waals surface area contributed by atoms with Crippen molar-refractivity contribution in [3.63, 3.8) is 0 Å². The van der Waals surface area contributed by atoms with Crippen LogP contribution in [0.5, 0.6) is 0 Å². The Kier molecular flexibility index (Phi) is 5.91. The van der Waals surface area contributed by atoms with Crippen molar-refractivity contribution in [1.82, 2.24) is 4.90 Å². The molecule has 3 nitrogen and oxygen atoms in total. The van der Waals surface area contributed by atoms with Crippen LogP contribution in [0.1, 0.15) is 29.7 Å². The van der Waals surface area contributed by atoms with Gasteiger partial charge in [-0.25, -0.2) is 0 Å².